The Bertz CT molecular complexity index is 1510. The van der Waals surface area contributed by atoms with E-state index in [4.69, 9.17) is 14.2 Å². The molecule has 4 aromatic rings. The fourth-order valence-corrected chi connectivity index (χ4v) is 5.19. The Kier molecular flexibility index (Phi) is 12.3. The summed E-state index contributed by atoms with van der Waals surface area (Å²) >= 11 is 0. The van der Waals surface area contributed by atoms with Gasteiger partial charge in [-0.25, -0.2) is 4.79 Å². The third kappa shape index (κ3) is 10.9. The number of rotatable bonds is 15. The second-order valence-corrected chi connectivity index (χ2v) is 12.2. The number of nitrogens with zero attached hydrogens (tertiary/aromatic N) is 1. The Labute approximate surface area is 268 Å². The van der Waals surface area contributed by atoms with Gasteiger partial charge in [0.2, 0.25) is 0 Å². The summed E-state index contributed by atoms with van der Waals surface area (Å²) in [5, 5.41) is 0. The van der Waals surface area contributed by atoms with Gasteiger partial charge in [0, 0.05) is 19.5 Å². The van der Waals surface area contributed by atoms with Crippen LogP contribution >= 0.6 is 0 Å². The molecule has 0 N–H and O–H groups in total. The largest absolute Gasteiger partial charge is 0.489 e. The van der Waals surface area contributed by atoms with Crippen molar-refractivity contribution in [3.8, 4) is 16.9 Å². The van der Waals surface area contributed by atoms with Crippen LogP contribution < -0.4 is 4.74 Å². The standard InChI is InChI=1S/C39H45NO5/c1-39(2,3)45-37(41)20-12-13-26-40(28-34-17-8-10-18-35(34)38(42)43-4)27-25-33-16-9-11-19-36(33)44-29-30-21-23-32(24-22-30)31-14-6-5-7-15-31/h5-11,14-19,21-24H,12-13,20,25-29H2,1-4H3. The van der Waals surface area contributed by atoms with Crippen molar-refractivity contribution in [2.75, 3.05) is 20.2 Å². The SMILES string of the molecule is COC(=O)c1ccccc1CN(CCCCC(=O)OC(C)(C)C)CCc1ccccc1OCc1ccc(-c2ccccc2)cc1. The number of ether oxygens (including phenoxy) is 3. The van der Waals surface area contributed by atoms with Crippen molar-refractivity contribution in [3.63, 3.8) is 0 Å². The van der Waals surface area contributed by atoms with Crippen LogP contribution in [0.5, 0.6) is 5.75 Å². The van der Waals surface area contributed by atoms with Crippen molar-refractivity contribution in [1.29, 1.82) is 0 Å². The van der Waals surface area contributed by atoms with Gasteiger partial charge >= 0.3 is 11.9 Å². The molecular weight excluding hydrogens is 562 g/mol. The Balaban J connectivity index is 1.40. The maximum Gasteiger partial charge on any atom is 0.338 e. The van der Waals surface area contributed by atoms with Crippen LogP contribution in [0.3, 0.4) is 0 Å². The summed E-state index contributed by atoms with van der Waals surface area (Å²) in [5.74, 6) is 0.348. The highest BCUT2D eigenvalue weighted by molar-refractivity contribution is 5.90. The normalized spacial score (nSPS) is 11.3. The van der Waals surface area contributed by atoms with E-state index in [1.807, 2.05) is 75.4 Å². The first-order valence-corrected chi connectivity index (χ1v) is 15.7. The summed E-state index contributed by atoms with van der Waals surface area (Å²) in [5.41, 5.74) is 5.61. The molecule has 0 saturated carbocycles. The van der Waals surface area contributed by atoms with Gasteiger partial charge in [-0.15, -0.1) is 0 Å². The molecule has 0 radical (unpaired) electrons. The lowest BCUT2D eigenvalue weighted by Gasteiger charge is -2.24. The highest BCUT2D eigenvalue weighted by Crippen LogP contribution is 2.23. The van der Waals surface area contributed by atoms with Crippen LogP contribution in [0.4, 0.5) is 0 Å². The van der Waals surface area contributed by atoms with Crippen LogP contribution in [0.25, 0.3) is 11.1 Å². The quantitative estimate of drug-likeness (QED) is 0.100. The number of carbonyl (C=O) groups is 2. The predicted molar refractivity (Wildman–Crippen MR) is 179 cm³/mol. The molecule has 4 rings (SSSR count). The van der Waals surface area contributed by atoms with Gasteiger partial charge in [-0.05, 0) is 86.5 Å². The van der Waals surface area contributed by atoms with E-state index >= 15 is 0 Å². The molecular formula is C39H45NO5. The minimum atomic E-state index is -0.484. The molecule has 6 nitrogen and oxygen atoms in total. The average molecular weight is 608 g/mol. The van der Waals surface area contributed by atoms with Crippen molar-refractivity contribution in [1.82, 2.24) is 4.90 Å². The summed E-state index contributed by atoms with van der Waals surface area (Å²) < 4.78 is 16.8. The van der Waals surface area contributed by atoms with Gasteiger partial charge in [0.25, 0.3) is 0 Å². The molecule has 0 aliphatic heterocycles. The molecule has 0 fully saturated rings. The second-order valence-electron chi connectivity index (χ2n) is 12.2. The minimum Gasteiger partial charge on any atom is -0.489 e. The molecule has 0 saturated heterocycles. The molecule has 4 aromatic carbocycles. The monoisotopic (exact) mass is 607 g/mol. The number of hydrogen-bond donors (Lipinski definition) is 0. The number of unbranched alkanes of at least 4 members (excludes halogenated alkanes) is 1. The van der Waals surface area contributed by atoms with Crippen LogP contribution in [0.1, 0.15) is 67.1 Å². The molecule has 45 heavy (non-hydrogen) atoms. The van der Waals surface area contributed by atoms with Gasteiger partial charge in [-0.3, -0.25) is 9.69 Å². The van der Waals surface area contributed by atoms with Crippen molar-refractivity contribution < 1.29 is 23.8 Å². The number of esters is 2. The van der Waals surface area contributed by atoms with E-state index < -0.39 is 5.60 Å². The smallest absolute Gasteiger partial charge is 0.338 e. The van der Waals surface area contributed by atoms with E-state index in [1.165, 1.54) is 18.2 Å². The second kappa shape index (κ2) is 16.6. The van der Waals surface area contributed by atoms with Crippen molar-refractivity contribution in [3.05, 3.63) is 125 Å². The zero-order chi connectivity index (χ0) is 32.1. The van der Waals surface area contributed by atoms with Crippen LogP contribution in [-0.2, 0) is 33.8 Å². The lowest BCUT2D eigenvalue weighted by molar-refractivity contribution is -0.154. The van der Waals surface area contributed by atoms with Gasteiger partial charge in [-0.1, -0.05) is 91.0 Å². The number of carbonyl (C=O) groups excluding carboxylic acids is 2. The zero-order valence-corrected chi connectivity index (χ0v) is 27.0. The predicted octanol–water partition coefficient (Wildman–Crippen LogP) is 8.28. The molecule has 0 spiro atoms. The summed E-state index contributed by atoms with van der Waals surface area (Å²) in [4.78, 5) is 27.0. The van der Waals surface area contributed by atoms with E-state index in [1.54, 1.807) is 6.07 Å². The van der Waals surface area contributed by atoms with E-state index in [0.29, 0.717) is 25.1 Å². The first-order valence-electron chi connectivity index (χ1n) is 15.7. The summed E-state index contributed by atoms with van der Waals surface area (Å²) in [7, 11) is 1.40. The molecule has 0 unspecified atom stereocenters. The van der Waals surface area contributed by atoms with Crippen molar-refractivity contribution >= 4 is 11.9 Å². The van der Waals surface area contributed by atoms with E-state index in [-0.39, 0.29) is 11.9 Å². The molecule has 0 heterocycles. The van der Waals surface area contributed by atoms with Gasteiger partial charge < -0.3 is 14.2 Å². The van der Waals surface area contributed by atoms with Crippen molar-refractivity contribution in [2.45, 2.75) is 65.2 Å². The summed E-state index contributed by atoms with van der Waals surface area (Å²) in [6.45, 7) is 8.25. The first-order chi connectivity index (χ1) is 21.7. The first kappa shape index (κ1) is 33.5. The highest BCUT2D eigenvalue weighted by Gasteiger charge is 2.18. The van der Waals surface area contributed by atoms with Crippen LogP contribution in [0.2, 0.25) is 0 Å². The maximum absolute atomic E-state index is 12.5. The van der Waals surface area contributed by atoms with Crippen LogP contribution in [0.15, 0.2) is 103 Å². The Hall–Kier alpha value is -4.42. The Morgan fingerprint density at radius 3 is 2.07 bits per heavy atom. The fourth-order valence-electron chi connectivity index (χ4n) is 5.19. The van der Waals surface area contributed by atoms with Crippen molar-refractivity contribution in [2.24, 2.45) is 0 Å². The Morgan fingerprint density at radius 2 is 1.36 bits per heavy atom. The number of para-hydroxylation sites is 1. The highest BCUT2D eigenvalue weighted by atomic mass is 16.6. The van der Waals surface area contributed by atoms with Gasteiger partial charge in [0.15, 0.2) is 0 Å². The molecule has 236 valence electrons. The van der Waals surface area contributed by atoms with Gasteiger partial charge in [-0.2, -0.15) is 0 Å². The molecule has 0 bridgehead atoms. The van der Waals surface area contributed by atoms with Gasteiger partial charge in [0.1, 0.15) is 18.0 Å². The Morgan fingerprint density at radius 1 is 0.711 bits per heavy atom. The lowest BCUT2D eigenvalue weighted by Crippen LogP contribution is -2.28. The molecule has 0 atom stereocenters. The molecule has 6 heteroatoms. The summed E-state index contributed by atoms with van der Waals surface area (Å²) in [6, 6.07) is 34.6. The average Bonchev–Trinajstić information content (AvgIpc) is 3.04. The topological polar surface area (TPSA) is 65.1 Å². The third-order valence-electron chi connectivity index (χ3n) is 7.47. The minimum absolute atomic E-state index is 0.175. The van der Waals surface area contributed by atoms with Crippen LogP contribution in [0, 0.1) is 0 Å². The van der Waals surface area contributed by atoms with E-state index in [9.17, 15) is 9.59 Å². The molecule has 0 amide bonds. The molecule has 0 aliphatic carbocycles. The maximum atomic E-state index is 12.5. The molecule has 0 aliphatic rings. The zero-order valence-electron chi connectivity index (χ0n) is 27.0. The van der Waals surface area contributed by atoms with Gasteiger partial charge in [0.05, 0.1) is 12.7 Å². The molecule has 0 aromatic heterocycles. The number of methoxy groups -OCH3 is 1. The lowest BCUT2D eigenvalue weighted by atomic mass is 10.0. The fraction of sp³-hybridized carbons (Fsp3) is 0.333. The third-order valence-corrected chi connectivity index (χ3v) is 7.47. The number of hydrogen-bond acceptors (Lipinski definition) is 6. The summed E-state index contributed by atoms with van der Waals surface area (Å²) in [6.07, 6.45) is 2.71. The van der Waals surface area contributed by atoms with E-state index in [0.717, 1.165) is 54.8 Å². The number of benzene rings is 4. The van der Waals surface area contributed by atoms with Crippen LogP contribution in [-0.4, -0.2) is 42.6 Å². The van der Waals surface area contributed by atoms with E-state index in [2.05, 4.69) is 47.4 Å².